The molecular weight excluding hydrogens is 272 g/mol. The molecule has 1 aromatic rings. The van der Waals surface area contributed by atoms with Crippen LogP contribution in [0.3, 0.4) is 0 Å². The molecule has 2 bridgehead atoms. The van der Waals surface area contributed by atoms with Gasteiger partial charge in [0.05, 0.1) is 0 Å². The fourth-order valence-electron chi connectivity index (χ4n) is 3.47. The predicted octanol–water partition coefficient (Wildman–Crippen LogP) is 2.65. The van der Waals surface area contributed by atoms with Gasteiger partial charge in [0, 0.05) is 25.0 Å². The molecule has 0 aliphatic carbocycles. The monoisotopic (exact) mass is 294 g/mol. The molecule has 2 unspecified atom stereocenters. The lowest BCUT2D eigenvalue weighted by Gasteiger charge is -2.28. The van der Waals surface area contributed by atoms with Gasteiger partial charge in [-0.25, -0.2) is 0 Å². The second kappa shape index (κ2) is 7.09. The van der Waals surface area contributed by atoms with Crippen LogP contribution >= 0.6 is 12.4 Å². The third kappa shape index (κ3) is 3.97. The van der Waals surface area contributed by atoms with Gasteiger partial charge in [-0.1, -0.05) is 30.3 Å². The second-order valence-electron chi connectivity index (χ2n) is 5.94. The van der Waals surface area contributed by atoms with Crippen molar-refractivity contribution in [1.29, 1.82) is 0 Å². The van der Waals surface area contributed by atoms with Crippen LogP contribution in [0.1, 0.15) is 37.7 Å². The molecule has 2 heterocycles. The topological polar surface area (TPSA) is 41.1 Å². The van der Waals surface area contributed by atoms with E-state index in [1.165, 1.54) is 31.2 Å². The summed E-state index contributed by atoms with van der Waals surface area (Å²) in [4.78, 5) is 12.0. The maximum absolute atomic E-state index is 12.0. The fourth-order valence-corrected chi connectivity index (χ4v) is 3.47. The molecule has 0 saturated carbocycles. The first-order valence-corrected chi connectivity index (χ1v) is 7.36. The van der Waals surface area contributed by atoms with Gasteiger partial charge in [0.2, 0.25) is 5.91 Å². The highest BCUT2D eigenvalue weighted by Gasteiger charge is 2.33. The molecule has 3 nitrogen and oxygen atoms in total. The van der Waals surface area contributed by atoms with Crippen LogP contribution in [0.2, 0.25) is 0 Å². The Bertz CT molecular complexity index is 425. The van der Waals surface area contributed by atoms with Crippen LogP contribution in [0.4, 0.5) is 0 Å². The van der Waals surface area contributed by atoms with E-state index in [2.05, 4.69) is 10.6 Å². The van der Waals surface area contributed by atoms with E-state index in [-0.39, 0.29) is 18.3 Å². The number of halogens is 1. The smallest absolute Gasteiger partial charge is 0.220 e. The van der Waals surface area contributed by atoms with Crippen molar-refractivity contribution in [1.82, 2.24) is 10.6 Å². The summed E-state index contributed by atoms with van der Waals surface area (Å²) in [6, 6.07) is 11.4. The Morgan fingerprint density at radius 2 is 1.80 bits per heavy atom. The van der Waals surface area contributed by atoms with Gasteiger partial charge in [-0.15, -0.1) is 12.4 Å². The largest absolute Gasteiger partial charge is 0.352 e. The van der Waals surface area contributed by atoms with Crippen molar-refractivity contribution in [3.8, 4) is 0 Å². The first kappa shape index (κ1) is 15.3. The number of carbonyl (C=O) groups excluding carboxylic acids is 1. The zero-order valence-electron chi connectivity index (χ0n) is 11.7. The number of benzene rings is 1. The van der Waals surface area contributed by atoms with Crippen molar-refractivity contribution in [3.63, 3.8) is 0 Å². The van der Waals surface area contributed by atoms with Crippen molar-refractivity contribution >= 4 is 18.3 Å². The highest BCUT2D eigenvalue weighted by Crippen LogP contribution is 2.32. The quantitative estimate of drug-likeness (QED) is 0.896. The Morgan fingerprint density at radius 1 is 1.15 bits per heavy atom. The van der Waals surface area contributed by atoms with Gasteiger partial charge in [0.25, 0.3) is 0 Å². The minimum atomic E-state index is 0. The summed E-state index contributed by atoms with van der Waals surface area (Å²) in [5.74, 6) is 0.782. The Labute approximate surface area is 126 Å². The SMILES string of the molecule is Cl.O=C(CC1CC2CCC(C1)N2)NCc1ccccc1. The van der Waals surface area contributed by atoms with E-state index < -0.39 is 0 Å². The lowest BCUT2D eigenvalue weighted by Crippen LogP contribution is -2.39. The number of carbonyl (C=O) groups is 1. The first-order valence-electron chi connectivity index (χ1n) is 7.36. The van der Waals surface area contributed by atoms with Gasteiger partial charge in [-0.05, 0) is 37.2 Å². The number of nitrogens with one attached hydrogen (secondary N) is 2. The molecule has 20 heavy (non-hydrogen) atoms. The maximum Gasteiger partial charge on any atom is 0.220 e. The molecule has 2 aliphatic rings. The van der Waals surface area contributed by atoms with Crippen LogP contribution in [0, 0.1) is 5.92 Å². The lowest BCUT2D eigenvalue weighted by molar-refractivity contribution is -0.122. The van der Waals surface area contributed by atoms with Crippen molar-refractivity contribution < 1.29 is 4.79 Å². The Balaban J connectivity index is 0.00000147. The highest BCUT2D eigenvalue weighted by atomic mass is 35.5. The average molecular weight is 295 g/mol. The molecule has 0 radical (unpaired) electrons. The molecule has 1 amide bonds. The van der Waals surface area contributed by atoms with E-state index in [4.69, 9.17) is 0 Å². The van der Waals surface area contributed by atoms with Crippen LogP contribution in [-0.4, -0.2) is 18.0 Å². The summed E-state index contributed by atoms with van der Waals surface area (Å²) in [7, 11) is 0. The summed E-state index contributed by atoms with van der Waals surface area (Å²) < 4.78 is 0. The summed E-state index contributed by atoms with van der Waals surface area (Å²) in [6.07, 6.45) is 5.64. The van der Waals surface area contributed by atoms with Crippen LogP contribution in [-0.2, 0) is 11.3 Å². The van der Waals surface area contributed by atoms with Crippen molar-refractivity contribution in [2.45, 2.75) is 50.7 Å². The normalized spacial score (nSPS) is 27.7. The molecular formula is C16H23ClN2O. The van der Waals surface area contributed by atoms with Crippen molar-refractivity contribution in [2.75, 3.05) is 0 Å². The molecule has 2 fully saturated rings. The van der Waals surface area contributed by atoms with E-state index in [1.54, 1.807) is 0 Å². The molecule has 1 aromatic carbocycles. The van der Waals surface area contributed by atoms with Gasteiger partial charge in [0.15, 0.2) is 0 Å². The van der Waals surface area contributed by atoms with E-state index in [0.29, 0.717) is 31.0 Å². The Morgan fingerprint density at radius 3 is 2.45 bits per heavy atom. The van der Waals surface area contributed by atoms with Gasteiger partial charge in [-0.2, -0.15) is 0 Å². The molecule has 3 rings (SSSR count). The van der Waals surface area contributed by atoms with E-state index in [0.717, 1.165) is 0 Å². The maximum atomic E-state index is 12.0. The van der Waals surface area contributed by atoms with E-state index >= 15 is 0 Å². The molecule has 2 atom stereocenters. The highest BCUT2D eigenvalue weighted by molar-refractivity contribution is 5.85. The average Bonchev–Trinajstić information content (AvgIpc) is 2.77. The van der Waals surface area contributed by atoms with Crippen LogP contribution in [0.15, 0.2) is 30.3 Å². The standard InChI is InChI=1S/C16H22N2O.ClH/c19-16(17-11-12-4-2-1-3-5-12)10-13-8-14-6-7-15(9-13)18-14;/h1-5,13-15,18H,6-11H2,(H,17,19);1H. The Kier molecular flexibility index (Phi) is 5.44. The third-order valence-corrected chi connectivity index (χ3v) is 4.38. The van der Waals surface area contributed by atoms with Crippen LogP contribution in [0.5, 0.6) is 0 Å². The fraction of sp³-hybridized carbons (Fsp3) is 0.562. The lowest BCUT2D eigenvalue weighted by atomic mass is 9.89. The molecule has 4 heteroatoms. The number of amides is 1. The number of fused-ring (bicyclic) bond motifs is 2. The molecule has 0 spiro atoms. The third-order valence-electron chi connectivity index (χ3n) is 4.38. The van der Waals surface area contributed by atoms with Crippen molar-refractivity contribution in [3.05, 3.63) is 35.9 Å². The minimum absolute atomic E-state index is 0. The summed E-state index contributed by atoms with van der Waals surface area (Å²) >= 11 is 0. The van der Waals surface area contributed by atoms with E-state index in [1.807, 2.05) is 30.3 Å². The summed E-state index contributed by atoms with van der Waals surface area (Å²) in [5, 5.41) is 6.66. The number of hydrogen-bond donors (Lipinski definition) is 2. The number of rotatable bonds is 4. The second-order valence-corrected chi connectivity index (χ2v) is 5.94. The zero-order chi connectivity index (χ0) is 13.1. The van der Waals surface area contributed by atoms with Gasteiger partial charge in [-0.3, -0.25) is 4.79 Å². The number of hydrogen-bond acceptors (Lipinski definition) is 2. The molecule has 110 valence electrons. The summed E-state index contributed by atoms with van der Waals surface area (Å²) in [6.45, 7) is 0.650. The van der Waals surface area contributed by atoms with Gasteiger partial charge >= 0.3 is 0 Å². The van der Waals surface area contributed by atoms with Crippen molar-refractivity contribution in [2.24, 2.45) is 5.92 Å². The predicted molar refractivity (Wildman–Crippen MR) is 82.8 cm³/mol. The summed E-state index contributed by atoms with van der Waals surface area (Å²) in [5.41, 5.74) is 1.17. The van der Waals surface area contributed by atoms with E-state index in [9.17, 15) is 4.79 Å². The molecule has 2 saturated heterocycles. The van der Waals surface area contributed by atoms with Gasteiger partial charge < -0.3 is 10.6 Å². The van der Waals surface area contributed by atoms with Crippen LogP contribution < -0.4 is 10.6 Å². The molecule has 0 aromatic heterocycles. The zero-order valence-corrected chi connectivity index (χ0v) is 12.5. The first-order chi connectivity index (χ1) is 9.29. The minimum Gasteiger partial charge on any atom is -0.352 e. The van der Waals surface area contributed by atoms with Gasteiger partial charge in [0.1, 0.15) is 0 Å². The Hall–Kier alpha value is -1.06. The molecule has 2 aliphatic heterocycles. The molecule has 2 N–H and O–H groups in total. The number of piperidine rings is 1. The van der Waals surface area contributed by atoms with Crippen LogP contribution in [0.25, 0.3) is 0 Å².